The minimum Gasteiger partial charge on any atom is -0.378 e. The van der Waals surface area contributed by atoms with Gasteiger partial charge in [-0.05, 0) is 50.8 Å². The Morgan fingerprint density at radius 1 is 1.24 bits per heavy atom. The maximum Gasteiger partial charge on any atom is 0.257 e. The Bertz CT molecular complexity index is 781. The molecule has 29 heavy (non-hydrogen) atoms. The van der Waals surface area contributed by atoms with Gasteiger partial charge in [-0.3, -0.25) is 4.79 Å². The number of likely N-dealkylation sites (tertiary alicyclic amines) is 1. The summed E-state index contributed by atoms with van der Waals surface area (Å²) in [5.41, 5.74) is 9.38. The van der Waals surface area contributed by atoms with Crippen LogP contribution in [0.3, 0.4) is 0 Å². The van der Waals surface area contributed by atoms with Gasteiger partial charge in [0.2, 0.25) is 0 Å². The summed E-state index contributed by atoms with van der Waals surface area (Å²) < 4.78 is 7.76. The van der Waals surface area contributed by atoms with Gasteiger partial charge in [-0.15, -0.1) is 12.4 Å². The monoisotopic (exact) mass is 420 g/mol. The van der Waals surface area contributed by atoms with Crippen LogP contribution in [0.2, 0.25) is 0 Å². The zero-order valence-electron chi connectivity index (χ0n) is 17.6. The molecule has 0 bridgehead atoms. The fraction of sp³-hybridized carbons (Fsp3) is 0.545. The van der Waals surface area contributed by atoms with Gasteiger partial charge >= 0.3 is 0 Å². The molecule has 2 N–H and O–H groups in total. The van der Waals surface area contributed by atoms with E-state index >= 15 is 0 Å². The minimum absolute atomic E-state index is 0. The lowest BCUT2D eigenvalue weighted by Crippen LogP contribution is -2.41. The molecule has 2 aromatic rings. The number of amides is 1. The van der Waals surface area contributed by atoms with Crippen molar-refractivity contribution in [2.24, 2.45) is 5.73 Å². The predicted molar refractivity (Wildman–Crippen MR) is 118 cm³/mol. The summed E-state index contributed by atoms with van der Waals surface area (Å²) in [5, 5.41) is 4.55. The molecule has 0 spiro atoms. The van der Waals surface area contributed by atoms with Gasteiger partial charge in [-0.25, -0.2) is 4.68 Å². The highest BCUT2D eigenvalue weighted by Gasteiger charge is 2.28. The molecule has 1 aliphatic heterocycles. The lowest BCUT2D eigenvalue weighted by molar-refractivity contribution is 0.00841. The van der Waals surface area contributed by atoms with Gasteiger partial charge in [-0.1, -0.05) is 31.5 Å². The number of aromatic nitrogens is 2. The van der Waals surface area contributed by atoms with Gasteiger partial charge in [0, 0.05) is 19.7 Å². The topological polar surface area (TPSA) is 73.4 Å². The van der Waals surface area contributed by atoms with Crippen LogP contribution in [0.4, 0.5) is 0 Å². The van der Waals surface area contributed by atoms with Crippen molar-refractivity contribution in [1.82, 2.24) is 14.7 Å². The Labute approximate surface area is 179 Å². The first kappa shape index (κ1) is 23.4. The number of nitrogens with zero attached hydrogens (tertiary/aromatic N) is 3. The first-order valence-corrected chi connectivity index (χ1v) is 10.3. The van der Waals surface area contributed by atoms with Crippen LogP contribution in [0, 0.1) is 6.92 Å². The fourth-order valence-electron chi connectivity index (χ4n) is 3.70. The standard InChI is InChI=1S/C22H32N4O2.ClH/c1-16(2)21-20(15-24-26(21)18-7-5-17(3)6-8-18)22(27)25-12-9-19(10-13-25)28-14-4-11-23;/h5-8,15-16,19H,4,9-14,23H2,1-3H3;1H. The Morgan fingerprint density at radius 2 is 1.90 bits per heavy atom. The molecule has 1 saturated heterocycles. The van der Waals surface area contributed by atoms with Crippen molar-refractivity contribution < 1.29 is 9.53 Å². The van der Waals surface area contributed by atoms with E-state index in [9.17, 15) is 4.79 Å². The highest BCUT2D eigenvalue weighted by molar-refractivity contribution is 5.95. The van der Waals surface area contributed by atoms with Gasteiger partial charge in [0.05, 0.1) is 29.2 Å². The number of ether oxygens (including phenoxy) is 1. The Hall–Kier alpha value is -1.89. The molecule has 0 atom stereocenters. The Balaban J connectivity index is 0.00000300. The number of aryl methyl sites for hydroxylation is 1. The fourth-order valence-corrected chi connectivity index (χ4v) is 3.70. The highest BCUT2D eigenvalue weighted by atomic mass is 35.5. The van der Waals surface area contributed by atoms with Crippen molar-refractivity contribution in [3.05, 3.63) is 47.3 Å². The second kappa shape index (κ2) is 10.8. The molecule has 1 fully saturated rings. The van der Waals surface area contributed by atoms with Crippen LogP contribution in [-0.2, 0) is 4.74 Å². The van der Waals surface area contributed by atoms with Gasteiger partial charge in [0.25, 0.3) is 5.91 Å². The molecule has 3 rings (SSSR count). The van der Waals surface area contributed by atoms with E-state index in [1.165, 1.54) is 5.56 Å². The summed E-state index contributed by atoms with van der Waals surface area (Å²) in [5.74, 6) is 0.266. The molecule has 6 nitrogen and oxygen atoms in total. The van der Waals surface area contributed by atoms with Crippen molar-refractivity contribution >= 4 is 18.3 Å². The molecule has 1 amide bonds. The molecule has 0 saturated carbocycles. The van der Waals surface area contributed by atoms with Crippen LogP contribution in [0.5, 0.6) is 0 Å². The van der Waals surface area contributed by atoms with Crippen LogP contribution in [0.15, 0.2) is 30.5 Å². The normalized spacial score (nSPS) is 14.9. The van der Waals surface area contributed by atoms with Crippen LogP contribution in [0.25, 0.3) is 5.69 Å². The number of hydrogen-bond acceptors (Lipinski definition) is 4. The molecule has 1 aromatic carbocycles. The van der Waals surface area contributed by atoms with Crippen LogP contribution in [0.1, 0.15) is 60.6 Å². The lowest BCUT2D eigenvalue weighted by atomic mass is 10.0. The first-order chi connectivity index (χ1) is 13.5. The number of rotatable bonds is 7. The average molecular weight is 421 g/mol. The molecule has 160 valence electrons. The number of halogens is 1. The van der Waals surface area contributed by atoms with E-state index in [0.717, 1.165) is 43.7 Å². The zero-order chi connectivity index (χ0) is 20.1. The highest BCUT2D eigenvalue weighted by Crippen LogP contribution is 2.26. The van der Waals surface area contributed by atoms with Gasteiger partial charge in [0.1, 0.15) is 0 Å². The molecule has 2 heterocycles. The van der Waals surface area contributed by atoms with E-state index in [2.05, 4.69) is 38.0 Å². The first-order valence-electron chi connectivity index (χ1n) is 10.3. The number of benzene rings is 1. The predicted octanol–water partition coefficient (Wildman–Crippen LogP) is 3.70. The van der Waals surface area contributed by atoms with Gasteiger partial charge in [-0.2, -0.15) is 5.10 Å². The van der Waals surface area contributed by atoms with Crippen molar-refractivity contribution in [2.45, 2.75) is 52.1 Å². The number of piperidine rings is 1. The largest absolute Gasteiger partial charge is 0.378 e. The summed E-state index contributed by atoms with van der Waals surface area (Å²) in [6.45, 7) is 9.08. The summed E-state index contributed by atoms with van der Waals surface area (Å²) in [6, 6.07) is 8.23. The quantitative estimate of drug-likeness (QED) is 0.693. The second-order valence-electron chi connectivity index (χ2n) is 7.85. The van der Waals surface area contributed by atoms with Crippen molar-refractivity contribution in [3.8, 4) is 5.69 Å². The van der Waals surface area contributed by atoms with Crippen LogP contribution in [-0.4, -0.2) is 52.9 Å². The molecular formula is C22H33ClN4O2. The summed E-state index contributed by atoms with van der Waals surface area (Å²) in [6.07, 6.45) is 4.59. The summed E-state index contributed by atoms with van der Waals surface area (Å²) in [7, 11) is 0. The third-order valence-electron chi connectivity index (χ3n) is 5.29. The van der Waals surface area contributed by atoms with Crippen molar-refractivity contribution in [2.75, 3.05) is 26.2 Å². The van der Waals surface area contributed by atoms with E-state index in [4.69, 9.17) is 10.5 Å². The molecule has 0 aliphatic carbocycles. The zero-order valence-corrected chi connectivity index (χ0v) is 18.5. The van der Waals surface area contributed by atoms with E-state index in [1.54, 1.807) is 6.20 Å². The van der Waals surface area contributed by atoms with Crippen molar-refractivity contribution in [3.63, 3.8) is 0 Å². The maximum absolute atomic E-state index is 13.2. The minimum atomic E-state index is 0. The molecule has 0 radical (unpaired) electrons. The van der Waals surface area contributed by atoms with Crippen LogP contribution >= 0.6 is 12.4 Å². The molecule has 1 aromatic heterocycles. The summed E-state index contributed by atoms with van der Waals surface area (Å²) >= 11 is 0. The van der Waals surface area contributed by atoms with Crippen molar-refractivity contribution in [1.29, 1.82) is 0 Å². The summed E-state index contributed by atoms with van der Waals surface area (Å²) in [4.78, 5) is 15.1. The van der Waals surface area contributed by atoms with E-state index in [-0.39, 0.29) is 30.3 Å². The molecule has 0 unspecified atom stereocenters. The Morgan fingerprint density at radius 3 is 2.48 bits per heavy atom. The van der Waals surface area contributed by atoms with Gasteiger partial charge < -0.3 is 15.4 Å². The number of carbonyl (C=O) groups excluding carboxylic acids is 1. The maximum atomic E-state index is 13.2. The number of carbonyl (C=O) groups is 1. The number of nitrogens with two attached hydrogens (primary N) is 1. The van der Waals surface area contributed by atoms with E-state index in [1.807, 2.05) is 21.7 Å². The van der Waals surface area contributed by atoms with Crippen LogP contribution < -0.4 is 5.73 Å². The van der Waals surface area contributed by atoms with E-state index in [0.29, 0.717) is 18.7 Å². The van der Waals surface area contributed by atoms with E-state index < -0.39 is 0 Å². The molecular weight excluding hydrogens is 388 g/mol. The number of hydrogen-bond donors (Lipinski definition) is 1. The SMILES string of the molecule is Cc1ccc(-n2ncc(C(=O)N3CCC(OCCCN)CC3)c2C(C)C)cc1.Cl. The smallest absolute Gasteiger partial charge is 0.257 e. The molecule has 7 heteroatoms. The average Bonchev–Trinajstić information content (AvgIpc) is 3.14. The van der Waals surface area contributed by atoms with Gasteiger partial charge in [0.15, 0.2) is 0 Å². The third kappa shape index (κ3) is 5.59. The Kier molecular flexibility index (Phi) is 8.68. The molecule has 1 aliphatic rings. The lowest BCUT2D eigenvalue weighted by Gasteiger charge is -2.32. The second-order valence-corrected chi connectivity index (χ2v) is 7.85. The third-order valence-corrected chi connectivity index (χ3v) is 5.29.